The molecule has 0 unspecified atom stereocenters. The molecule has 1 aliphatic rings. The summed E-state index contributed by atoms with van der Waals surface area (Å²) in [6.45, 7) is 6.01. The normalized spacial score (nSPS) is 16.2. The van der Waals surface area contributed by atoms with E-state index in [1.807, 2.05) is 32.9 Å². The van der Waals surface area contributed by atoms with E-state index in [1.54, 1.807) is 6.20 Å². The molecule has 0 spiro atoms. The smallest absolute Gasteiger partial charge is 0.217 e. The Bertz CT molecular complexity index is 340. The van der Waals surface area contributed by atoms with Crippen molar-refractivity contribution in [3.05, 3.63) is 18.3 Å². The first kappa shape index (κ1) is 10.3. The minimum atomic E-state index is -0.217. The molecule has 0 radical (unpaired) electrons. The lowest BCUT2D eigenvalue weighted by atomic mass is 10.2. The van der Waals surface area contributed by atoms with Gasteiger partial charge in [-0.2, -0.15) is 0 Å². The summed E-state index contributed by atoms with van der Waals surface area (Å²) in [5.41, 5.74) is -0.217. The molecule has 0 atom stereocenters. The van der Waals surface area contributed by atoms with Crippen molar-refractivity contribution in [3.63, 3.8) is 0 Å². The third-order valence-electron chi connectivity index (χ3n) is 1.94. The number of hydrogen-bond acceptors (Lipinski definition) is 3. The highest BCUT2D eigenvalue weighted by Gasteiger charge is 2.23. The molecule has 0 aromatic carbocycles. The molecule has 0 amide bonds. The third-order valence-corrected chi connectivity index (χ3v) is 1.94. The fourth-order valence-corrected chi connectivity index (χ4v) is 1.21. The maximum absolute atomic E-state index is 5.66. The monoisotopic (exact) mass is 207 g/mol. The van der Waals surface area contributed by atoms with Gasteiger partial charge in [-0.05, 0) is 39.7 Å². The average molecular weight is 207 g/mol. The molecule has 0 aliphatic heterocycles. The molecular weight excluding hydrogens is 190 g/mol. The van der Waals surface area contributed by atoms with E-state index in [0.717, 1.165) is 18.6 Å². The largest absolute Gasteiger partial charge is 0.490 e. The summed E-state index contributed by atoms with van der Waals surface area (Å²) in [5.74, 6) is 1.48. The van der Waals surface area contributed by atoms with E-state index < -0.39 is 0 Å². The fraction of sp³-hybridized carbons (Fsp3) is 0.583. The van der Waals surface area contributed by atoms with Gasteiger partial charge in [0, 0.05) is 12.3 Å². The van der Waals surface area contributed by atoms with E-state index >= 15 is 0 Å². The molecule has 1 fully saturated rings. The van der Waals surface area contributed by atoms with Crippen molar-refractivity contribution in [1.82, 2.24) is 4.98 Å². The van der Waals surface area contributed by atoms with Crippen LogP contribution in [0.1, 0.15) is 33.6 Å². The van der Waals surface area contributed by atoms with Gasteiger partial charge in [0.15, 0.2) is 0 Å². The van der Waals surface area contributed by atoms with Crippen LogP contribution in [0.3, 0.4) is 0 Å². The van der Waals surface area contributed by atoms with E-state index in [0.29, 0.717) is 12.0 Å². The van der Waals surface area contributed by atoms with Crippen LogP contribution in [-0.4, -0.2) is 16.7 Å². The van der Waals surface area contributed by atoms with Gasteiger partial charge in [0.2, 0.25) is 5.88 Å². The Kier molecular flexibility index (Phi) is 2.55. The predicted octanol–water partition coefficient (Wildman–Crippen LogP) is 2.80. The highest BCUT2D eigenvalue weighted by Crippen LogP contribution is 2.28. The molecule has 0 N–H and O–H groups in total. The Morgan fingerprint density at radius 3 is 2.67 bits per heavy atom. The topological polar surface area (TPSA) is 31.4 Å². The zero-order chi connectivity index (χ0) is 10.9. The lowest BCUT2D eigenvalue weighted by Gasteiger charge is -2.20. The van der Waals surface area contributed by atoms with Gasteiger partial charge in [0.25, 0.3) is 0 Å². The van der Waals surface area contributed by atoms with Crippen LogP contribution in [0.2, 0.25) is 0 Å². The van der Waals surface area contributed by atoms with E-state index in [-0.39, 0.29) is 5.60 Å². The Balaban J connectivity index is 2.04. The van der Waals surface area contributed by atoms with Crippen LogP contribution in [0.5, 0.6) is 11.6 Å². The van der Waals surface area contributed by atoms with Gasteiger partial charge in [-0.3, -0.25) is 0 Å². The number of rotatable bonds is 3. The summed E-state index contributed by atoms with van der Waals surface area (Å²) in [7, 11) is 0. The van der Waals surface area contributed by atoms with Crippen molar-refractivity contribution in [3.8, 4) is 11.6 Å². The number of aromatic nitrogens is 1. The molecule has 1 saturated carbocycles. The van der Waals surface area contributed by atoms with Gasteiger partial charge >= 0.3 is 0 Å². The highest BCUT2D eigenvalue weighted by atomic mass is 16.5. The molecular formula is C12H17NO2. The molecule has 2 rings (SSSR count). The van der Waals surface area contributed by atoms with Crippen LogP contribution in [-0.2, 0) is 0 Å². The second kappa shape index (κ2) is 3.72. The second-order valence-electron chi connectivity index (χ2n) is 4.86. The molecule has 1 aliphatic carbocycles. The van der Waals surface area contributed by atoms with Crippen LogP contribution < -0.4 is 9.47 Å². The number of ether oxygens (including phenoxy) is 2. The summed E-state index contributed by atoms with van der Waals surface area (Å²) in [6, 6.07) is 3.72. The zero-order valence-corrected chi connectivity index (χ0v) is 9.49. The van der Waals surface area contributed by atoms with Crippen molar-refractivity contribution in [1.29, 1.82) is 0 Å². The quantitative estimate of drug-likeness (QED) is 0.763. The molecule has 1 heterocycles. The highest BCUT2D eigenvalue weighted by molar-refractivity contribution is 5.27. The van der Waals surface area contributed by atoms with Crippen LogP contribution >= 0.6 is 0 Å². The molecule has 15 heavy (non-hydrogen) atoms. The summed E-state index contributed by atoms with van der Waals surface area (Å²) in [5, 5.41) is 0. The van der Waals surface area contributed by atoms with Gasteiger partial charge in [0.1, 0.15) is 11.4 Å². The molecule has 3 heteroatoms. The molecule has 0 bridgehead atoms. The van der Waals surface area contributed by atoms with Gasteiger partial charge in [0.05, 0.1) is 6.10 Å². The van der Waals surface area contributed by atoms with Crippen LogP contribution in [0.25, 0.3) is 0 Å². The van der Waals surface area contributed by atoms with E-state index in [2.05, 4.69) is 4.98 Å². The van der Waals surface area contributed by atoms with E-state index in [9.17, 15) is 0 Å². The van der Waals surface area contributed by atoms with Crippen LogP contribution in [0.15, 0.2) is 18.3 Å². The van der Waals surface area contributed by atoms with Crippen LogP contribution in [0.4, 0.5) is 0 Å². The summed E-state index contributed by atoms with van der Waals surface area (Å²) in [6.07, 6.45) is 4.46. The lowest BCUT2D eigenvalue weighted by Crippen LogP contribution is -2.23. The Labute approximate surface area is 90.4 Å². The first-order chi connectivity index (χ1) is 7.03. The Morgan fingerprint density at radius 1 is 1.33 bits per heavy atom. The van der Waals surface area contributed by atoms with E-state index in [4.69, 9.17) is 9.47 Å². The van der Waals surface area contributed by atoms with Gasteiger partial charge in [-0.25, -0.2) is 4.98 Å². The maximum Gasteiger partial charge on any atom is 0.217 e. The summed E-state index contributed by atoms with van der Waals surface area (Å²) >= 11 is 0. The third kappa shape index (κ3) is 3.42. The minimum Gasteiger partial charge on any atom is -0.490 e. The van der Waals surface area contributed by atoms with E-state index in [1.165, 1.54) is 0 Å². The van der Waals surface area contributed by atoms with Crippen molar-refractivity contribution in [2.24, 2.45) is 0 Å². The van der Waals surface area contributed by atoms with Gasteiger partial charge < -0.3 is 9.47 Å². The molecule has 1 aromatic heterocycles. The molecule has 3 nitrogen and oxygen atoms in total. The predicted molar refractivity (Wildman–Crippen MR) is 58.3 cm³/mol. The molecule has 82 valence electrons. The first-order valence-electron chi connectivity index (χ1n) is 5.35. The maximum atomic E-state index is 5.66. The van der Waals surface area contributed by atoms with Crippen molar-refractivity contribution >= 4 is 0 Å². The van der Waals surface area contributed by atoms with Gasteiger partial charge in [-0.15, -0.1) is 0 Å². The van der Waals surface area contributed by atoms with Gasteiger partial charge in [-0.1, -0.05) is 0 Å². The summed E-state index contributed by atoms with van der Waals surface area (Å²) < 4.78 is 11.3. The number of hydrogen-bond donors (Lipinski definition) is 0. The average Bonchev–Trinajstić information content (AvgIpc) is 2.85. The molecule has 0 saturated heterocycles. The number of nitrogens with zero attached hydrogens (tertiary/aromatic N) is 1. The Hall–Kier alpha value is -1.25. The Morgan fingerprint density at radius 2 is 2.07 bits per heavy atom. The minimum absolute atomic E-state index is 0.217. The first-order valence-corrected chi connectivity index (χ1v) is 5.35. The fourth-order valence-electron chi connectivity index (χ4n) is 1.21. The second-order valence-corrected chi connectivity index (χ2v) is 4.86. The van der Waals surface area contributed by atoms with Crippen molar-refractivity contribution < 1.29 is 9.47 Å². The van der Waals surface area contributed by atoms with Crippen molar-refractivity contribution in [2.45, 2.75) is 45.3 Å². The standard InChI is InChI=1S/C12H17NO2/c1-12(2,3)15-11-8-10(6-7-13-11)14-9-4-5-9/h6-9H,4-5H2,1-3H3. The van der Waals surface area contributed by atoms with Crippen molar-refractivity contribution in [2.75, 3.05) is 0 Å². The molecule has 1 aromatic rings. The summed E-state index contributed by atoms with van der Waals surface area (Å²) in [4.78, 5) is 4.15. The van der Waals surface area contributed by atoms with Crippen LogP contribution in [0, 0.1) is 0 Å². The SMILES string of the molecule is CC(C)(C)Oc1cc(OC2CC2)ccn1. The lowest BCUT2D eigenvalue weighted by molar-refractivity contribution is 0.123. The zero-order valence-electron chi connectivity index (χ0n) is 9.49. The number of pyridine rings is 1.